The monoisotopic (exact) mass is 312 g/mol. The number of hydrogen-bond donors (Lipinski definition) is 2. The molecule has 120 valence electrons. The molecule has 0 radical (unpaired) electrons. The van der Waals surface area contributed by atoms with E-state index in [9.17, 15) is 14.7 Å². The van der Waals surface area contributed by atoms with Gasteiger partial charge in [-0.25, -0.2) is 0 Å². The Morgan fingerprint density at radius 3 is 2.91 bits per heavy atom. The van der Waals surface area contributed by atoms with E-state index in [1.165, 1.54) is 10.6 Å². The molecule has 1 aliphatic rings. The molecule has 1 aliphatic carbocycles. The number of rotatable bonds is 3. The molecule has 0 aliphatic heterocycles. The molecule has 0 saturated heterocycles. The van der Waals surface area contributed by atoms with Crippen molar-refractivity contribution >= 4 is 5.91 Å². The summed E-state index contributed by atoms with van der Waals surface area (Å²) in [5.74, 6) is -0.348. The third-order valence-corrected chi connectivity index (χ3v) is 4.46. The Balaban J connectivity index is 1.76. The van der Waals surface area contributed by atoms with Crippen LogP contribution in [0.5, 0.6) is 0 Å². The Labute approximate surface area is 134 Å². The maximum Gasteiger partial charge on any atom is 0.251 e. The highest BCUT2D eigenvalue weighted by atomic mass is 16.3. The van der Waals surface area contributed by atoms with Gasteiger partial charge >= 0.3 is 0 Å². The van der Waals surface area contributed by atoms with Gasteiger partial charge in [0.15, 0.2) is 0 Å². The summed E-state index contributed by atoms with van der Waals surface area (Å²) in [4.78, 5) is 23.8. The number of aryl methyl sites for hydroxylation is 2. The number of nitrogens with zero attached hydrogens (tertiary/aromatic N) is 1. The number of amides is 1. The van der Waals surface area contributed by atoms with Gasteiger partial charge in [-0.3, -0.25) is 9.59 Å². The number of carbonyl (C=O) groups is 1. The molecule has 1 aromatic heterocycles. The summed E-state index contributed by atoms with van der Waals surface area (Å²) in [5, 5.41) is 13.7. The van der Waals surface area contributed by atoms with E-state index in [0.717, 1.165) is 24.0 Å². The minimum absolute atomic E-state index is 0.137. The average Bonchev–Trinajstić information content (AvgIpc) is 2.56. The standard InChI is InChI=1S/C18H20N2O3/c1-20-10-8-14(11-16(20)21)17(22)19-12-18(23)9-4-6-13-5-2-3-7-15(13)18/h2-3,5,7-8,10-11,23H,4,6,9,12H2,1H3,(H,19,22). The molecule has 1 atom stereocenters. The minimum atomic E-state index is -1.05. The zero-order valence-electron chi connectivity index (χ0n) is 13.1. The van der Waals surface area contributed by atoms with E-state index < -0.39 is 5.60 Å². The highest BCUT2D eigenvalue weighted by Gasteiger charge is 2.34. The van der Waals surface area contributed by atoms with Crippen LogP contribution in [0, 0.1) is 0 Å². The number of aromatic nitrogens is 1. The molecule has 0 fully saturated rings. The number of fused-ring (bicyclic) bond motifs is 1. The number of hydrogen-bond acceptors (Lipinski definition) is 3. The highest BCUT2D eigenvalue weighted by molar-refractivity contribution is 5.94. The van der Waals surface area contributed by atoms with Crippen molar-refractivity contribution in [1.29, 1.82) is 0 Å². The van der Waals surface area contributed by atoms with Crippen molar-refractivity contribution in [2.24, 2.45) is 7.05 Å². The molecule has 1 heterocycles. The summed E-state index contributed by atoms with van der Waals surface area (Å²) in [6.07, 6.45) is 4.00. The van der Waals surface area contributed by atoms with Gasteiger partial charge in [0.1, 0.15) is 5.60 Å². The van der Waals surface area contributed by atoms with Gasteiger partial charge in [-0.15, -0.1) is 0 Å². The van der Waals surface area contributed by atoms with Crippen molar-refractivity contribution in [2.45, 2.75) is 24.9 Å². The molecule has 5 heteroatoms. The Morgan fingerprint density at radius 1 is 1.35 bits per heavy atom. The second-order valence-electron chi connectivity index (χ2n) is 6.09. The molecule has 1 unspecified atom stereocenters. The molecule has 2 N–H and O–H groups in total. The summed E-state index contributed by atoms with van der Waals surface area (Å²) in [5.41, 5.74) is 1.03. The first kappa shape index (κ1) is 15.5. The van der Waals surface area contributed by atoms with Crippen LogP contribution in [0.1, 0.15) is 34.3 Å². The van der Waals surface area contributed by atoms with E-state index in [0.29, 0.717) is 12.0 Å². The maximum atomic E-state index is 12.2. The quantitative estimate of drug-likeness (QED) is 0.898. The molecule has 1 amide bonds. The van der Waals surface area contributed by atoms with Gasteiger partial charge in [-0.05, 0) is 36.5 Å². The Hall–Kier alpha value is -2.40. The zero-order valence-corrected chi connectivity index (χ0v) is 13.1. The average molecular weight is 312 g/mol. The van der Waals surface area contributed by atoms with Crippen LogP contribution < -0.4 is 10.9 Å². The molecule has 0 spiro atoms. The summed E-state index contributed by atoms with van der Waals surface area (Å²) in [6.45, 7) is 0.137. The van der Waals surface area contributed by atoms with Crippen molar-refractivity contribution in [2.75, 3.05) is 6.54 Å². The van der Waals surface area contributed by atoms with Crippen LogP contribution >= 0.6 is 0 Å². The number of benzene rings is 1. The molecular weight excluding hydrogens is 292 g/mol. The van der Waals surface area contributed by atoms with Crippen LogP contribution in [0.4, 0.5) is 0 Å². The van der Waals surface area contributed by atoms with Crippen molar-refractivity contribution in [3.63, 3.8) is 0 Å². The lowest BCUT2D eigenvalue weighted by Gasteiger charge is -2.34. The molecule has 0 saturated carbocycles. The third-order valence-electron chi connectivity index (χ3n) is 4.46. The van der Waals surface area contributed by atoms with Gasteiger partial charge in [0.05, 0.1) is 6.54 Å². The second-order valence-corrected chi connectivity index (χ2v) is 6.09. The van der Waals surface area contributed by atoms with Crippen LogP contribution in [0.3, 0.4) is 0 Å². The summed E-state index contributed by atoms with van der Waals surface area (Å²) in [7, 11) is 1.63. The van der Waals surface area contributed by atoms with E-state index in [-0.39, 0.29) is 18.0 Å². The summed E-state index contributed by atoms with van der Waals surface area (Å²) >= 11 is 0. The van der Waals surface area contributed by atoms with Gasteiger partial charge in [-0.2, -0.15) is 0 Å². The van der Waals surface area contributed by atoms with Gasteiger partial charge in [0.2, 0.25) is 0 Å². The molecule has 2 aromatic rings. The second kappa shape index (κ2) is 6.01. The number of carbonyl (C=O) groups excluding carboxylic acids is 1. The molecule has 0 bridgehead atoms. The van der Waals surface area contributed by atoms with E-state index >= 15 is 0 Å². The topological polar surface area (TPSA) is 71.3 Å². The fourth-order valence-electron chi connectivity index (χ4n) is 3.10. The number of pyridine rings is 1. The zero-order chi connectivity index (χ0) is 16.4. The molecule has 5 nitrogen and oxygen atoms in total. The van der Waals surface area contributed by atoms with Crippen molar-refractivity contribution < 1.29 is 9.90 Å². The molecular formula is C18H20N2O3. The Bertz CT molecular complexity index is 797. The van der Waals surface area contributed by atoms with Crippen molar-refractivity contribution in [3.8, 4) is 0 Å². The molecule has 1 aromatic carbocycles. The Morgan fingerprint density at radius 2 is 2.13 bits per heavy atom. The fourth-order valence-corrected chi connectivity index (χ4v) is 3.10. The molecule has 23 heavy (non-hydrogen) atoms. The first-order valence-corrected chi connectivity index (χ1v) is 7.75. The van der Waals surface area contributed by atoms with Crippen LogP contribution in [-0.2, 0) is 19.1 Å². The lowest BCUT2D eigenvalue weighted by atomic mass is 9.79. The summed E-state index contributed by atoms with van der Waals surface area (Å²) < 4.78 is 1.40. The van der Waals surface area contributed by atoms with E-state index in [4.69, 9.17) is 0 Å². The number of aliphatic hydroxyl groups is 1. The van der Waals surface area contributed by atoms with Crippen molar-refractivity contribution in [1.82, 2.24) is 9.88 Å². The van der Waals surface area contributed by atoms with Crippen LogP contribution in [0.2, 0.25) is 0 Å². The van der Waals surface area contributed by atoms with Crippen LogP contribution in [0.15, 0.2) is 47.4 Å². The lowest BCUT2D eigenvalue weighted by Crippen LogP contribution is -2.43. The highest BCUT2D eigenvalue weighted by Crippen LogP contribution is 2.34. The predicted molar refractivity (Wildman–Crippen MR) is 87.3 cm³/mol. The van der Waals surface area contributed by atoms with E-state index in [2.05, 4.69) is 5.32 Å². The first-order chi connectivity index (χ1) is 11.0. The van der Waals surface area contributed by atoms with Gasteiger partial charge < -0.3 is 15.0 Å². The van der Waals surface area contributed by atoms with Gasteiger partial charge in [0, 0.05) is 24.9 Å². The minimum Gasteiger partial charge on any atom is -0.383 e. The fraction of sp³-hybridized carbons (Fsp3) is 0.333. The third kappa shape index (κ3) is 3.05. The van der Waals surface area contributed by atoms with Crippen LogP contribution in [-0.4, -0.2) is 22.1 Å². The van der Waals surface area contributed by atoms with Gasteiger partial charge in [0.25, 0.3) is 11.5 Å². The SMILES string of the molecule is Cn1ccc(C(=O)NCC2(O)CCCc3ccccc32)cc1=O. The lowest BCUT2D eigenvalue weighted by molar-refractivity contribution is 0.0189. The van der Waals surface area contributed by atoms with Gasteiger partial charge in [-0.1, -0.05) is 24.3 Å². The van der Waals surface area contributed by atoms with E-state index in [1.807, 2.05) is 24.3 Å². The Kier molecular flexibility index (Phi) is 4.05. The van der Waals surface area contributed by atoms with Crippen molar-refractivity contribution in [3.05, 3.63) is 69.6 Å². The predicted octanol–water partition coefficient (Wildman–Crippen LogP) is 1.34. The first-order valence-electron chi connectivity index (χ1n) is 7.75. The maximum absolute atomic E-state index is 12.2. The molecule has 3 rings (SSSR count). The van der Waals surface area contributed by atoms with E-state index in [1.54, 1.807) is 19.3 Å². The number of nitrogens with one attached hydrogen (secondary N) is 1. The smallest absolute Gasteiger partial charge is 0.251 e. The normalized spacial score (nSPS) is 19.9. The largest absolute Gasteiger partial charge is 0.383 e. The summed E-state index contributed by atoms with van der Waals surface area (Å²) in [6, 6.07) is 10.7. The van der Waals surface area contributed by atoms with Crippen LogP contribution in [0.25, 0.3) is 0 Å².